The molecule has 23 heavy (non-hydrogen) atoms. The van der Waals surface area contributed by atoms with Crippen LogP contribution in [0.5, 0.6) is 0 Å². The first kappa shape index (κ1) is 22.0. The number of rotatable bonds is 3. The molecule has 5 heteroatoms. The number of thioether (sulfide) groups is 1. The molecule has 6 atom stereocenters. The van der Waals surface area contributed by atoms with E-state index in [4.69, 9.17) is 15.5 Å². The summed E-state index contributed by atoms with van der Waals surface area (Å²) in [5.41, 5.74) is 0. The van der Waals surface area contributed by atoms with E-state index in [0.29, 0.717) is 12.5 Å². The van der Waals surface area contributed by atoms with Crippen LogP contribution in [-0.2, 0) is 21.1 Å². The topological polar surface area (TPSA) is 54.6 Å². The third-order valence-corrected chi connectivity index (χ3v) is 6.58. The number of nitrogens with zero attached hydrogens (tertiary/aromatic N) is 1. The maximum absolute atomic E-state index is 8.56. The maximum atomic E-state index is 8.56. The minimum Gasteiger partial charge on any atom is -0.661 e. The molecule has 2 N–H and O–H groups in total. The minimum atomic E-state index is -0.375. The summed E-state index contributed by atoms with van der Waals surface area (Å²) in [5.74, 6) is 0.936. The molecule has 1 saturated carbocycles. The average molecular weight is 523 g/mol. The number of fused-ring (bicyclic) bond motifs is 1. The number of hydrogen-bond acceptors (Lipinski definition) is 3. The van der Waals surface area contributed by atoms with Gasteiger partial charge in [0.15, 0.2) is 0 Å². The van der Waals surface area contributed by atoms with Gasteiger partial charge in [-0.1, -0.05) is 38.5 Å². The summed E-state index contributed by atoms with van der Waals surface area (Å²) in [6.07, 6.45) is 12.3. The number of hydrogen-bond donors (Lipinski definition) is 2. The summed E-state index contributed by atoms with van der Waals surface area (Å²) in [6, 6.07) is 0.675. The zero-order valence-corrected chi connectivity index (χ0v) is 17.6. The second kappa shape index (κ2) is 11.5. The molecular formula is C18H33NO2PtS. The molecule has 2 aliphatic heterocycles. The molecule has 6 unspecified atom stereocenters. The van der Waals surface area contributed by atoms with Crippen LogP contribution in [0.1, 0.15) is 65.2 Å². The Morgan fingerprint density at radius 2 is 1.70 bits per heavy atom. The molecule has 0 radical (unpaired) electrons. The molecule has 1 aliphatic carbocycles. The Bertz CT molecular complexity index is 291. The first-order valence-electron chi connectivity index (χ1n) is 9.09. The smallest absolute Gasteiger partial charge is 0.661 e. The summed E-state index contributed by atoms with van der Waals surface area (Å²) >= 11 is 2.25. The second-order valence-corrected chi connectivity index (χ2v) is 8.60. The summed E-state index contributed by atoms with van der Waals surface area (Å²) in [4.78, 5) is 0. The zero-order valence-electron chi connectivity index (χ0n) is 14.5. The first-order valence-corrected chi connectivity index (χ1v) is 10.0. The van der Waals surface area contributed by atoms with E-state index in [9.17, 15) is 0 Å². The van der Waals surface area contributed by atoms with E-state index in [1.807, 2.05) is 0 Å². The van der Waals surface area contributed by atoms with Crippen LogP contribution in [0.25, 0.3) is 5.32 Å². The molecule has 0 bridgehead atoms. The van der Waals surface area contributed by atoms with Crippen LogP contribution in [0.2, 0.25) is 0 Å². The van der Waals surface area contributed by atoms with Gasteiger partial charge >= 0.3 is 21.1 Å². The third kappa shape index (κ3) is 7.77. The summed E-state index contributed by atoms with van der Waals surface area (Å²) in [6.45, 7) is 4.45. The first-order chi connectivity index (χ1) is 10.6. The van der Waals surface area contributed by atoms with Gasteiger partial charge in [-0.05, 0) is 31.9 Å². The fraction of sp³-hybridized carbons (Fsp3) is 0.944. The molecule has 138 valence electrons. The van der Waals surface area contributed by atoms with E-state index in [1.54, 1.807) is 13.8 Å². The van der Waals surface area contributed by atoms with Crippen molar-refractivity contribution in [3.63, 3.8) is 0 Å². The van der Waals surface area contributed by atoms with Crippen molar-refractivity contribution in [1.29, 1.82) is 0 Å². The van der Waals surface area contributed by atoms with E-state index >= 15 is 0 Å². The van der Waals surface area contributed by atoms with Gasteiger partial charge in [0, 0.05) is 0 Å². The van der Waals surface area contributed by atoms with Crippen LogP contribution in [-0.4, -0.2) is 45.5 Å². The van der Waals surface area contributed by atoms with Gasteiger partial charge < -0.3 is 22.0 Å². The fourth-order valence-electron chi connectivity index (χ4n) is 3.80. The van der Waals surface area contributed by atoms with Gasteiger partial charge in [-0.2, -0.15) is 23.7 Å². The standard InChI is InChI=1S/C13H21NS.C5H12O2.Pt/c1-2-7-12-10(5-1)9-13(15-12)11-6-3-4-8-14-11;1-4(6)3-5(2)7;/h9-13H,1-8H2;4-7H,3H2,1-2H3;/q-2;;+2. The Morgan fingerprint density at radius 3 is 2.22 bits per heavy atom. The van der Waals surface area contributed by atoms with E-state index in [0.717, 1.165) is 23.0 Å². The van der Waals surface area contributed by atoms with Gasteiger partial charge in [0.05, 0.1) is 12.2 Å². The van der Waals surface area contributed by atoms with Crippen LogP contribution >= 0.6 is 11.8 Å². The largest absolute Gasteiger partial charge is 2.00 e. The Balaban J connectivity index is 0.000000287. The predicted octanol–water partition coefficient (Wildman–Crippen LogP) is 3.93. The molecule has 0 aromatic heterocycles. The van der Waals surface area contributed by atoms with E-state index < -0.39 is 0 Å². The minimum absolute atomic E-state index is 0. The van der Waals surface area contributed by atoms with Crippen LogP contribution < -0.4 is 0 Å². The molecule has 2 saturated heterocycles. The Labute approximate surface area is 161 Å². The number of aliphatic hydroxyl groups is 2. The molecule has 3 fully saturated rings. The molecule has 2 heterocycles. The SMILES string of the molecule is CC(O)CC(C)O.[CH-]1C2CCCCC2SC1C1CCCC[N-]1.[Pt+2]. The van der Waals surface area contributed by atoms with Crippen molar-refractivity contribution in [1.82, 2.24) is 0 Å². The van der Waals surface area contributed by atoms with Crippen LogP contribution in [0.3, 0.4) is 0 Å². The summed E-state index contributed by atoms with van der Waals surface area (Å²) < 4.78 is 0. The van der Waals surface area contributed by atoms with Crippen LogP contribution in [0, 0.1) is 12.3 Å². The summed E-state index contributed by atoms with van der Waals surface area (Å²) in [5, 5.41) is 23.7. The number of aliphatic hydroxyl groups excluding tert-OH is 2. The van der Waals surface area contributed by atoms with Crippen molar-refractivity contribution < 1.29 is 31.3 Å². The maximum Gasteiger partial charge on any atom is 2.00 e. The van der Waals surface area contributed by atoms with Crippen molar-refractivity contribution in [3.05, 3.63) is 11.7 Å². The van der Waals surface area contributed by atoms with E-state index in [-0.39, 0.29) is 33.3 Å². The van der Waals surface area contributed by atoms with Gasteiger partial charge in [-0.3, -0.25) is 0 Å². The van der Waals surface area contributed by atoms with Crippen molar-refractivity contribution in [2.45, 2.75) is 94.0 Å². The van der Waals surface area contributed by atoms with Crippen molar-refractivity contribution >= 4 is 11.8 Å². The van der Waals surface area contributed by atoms with E-state index in [2.05, 4.69) is 18.2 Å². The third-order valence-electron chi connectivity index (χ3n) is 4.86. The molecular weight excluding hydrogens is 489 g/mol. The molecule has 3 rings (SSSR count). The Kier molecular flexibility index (Phi) is 11.0. The fourth-order valence-corrected chi connectivity index (χ4v) is 5.63. The molecule has 0 aromatic rings. The van der Waals surface area contributed by atoms with Crippen LogP contribution in [0.15, 0.2) is 0 Å². The second-order valence-electron chi connectivity index (χ2n) is 7.18. The zero-order chi connectivity index (χ0) is 15.9. The van der Waals surface area contributed by atoms with Gasteiger partial charge in [0.2, 0.25) is 0 Å². The van der Waals surface area contributed by atoms with Crippen molar-refractivity contribution in [2.75, 3.05) is 6.54 Å². The van der Waals surface area contributed by atoms with Gasteiger partial charge in [-0.15, -0.1) is 11.8 Å². The molecule has 0 spiro atoms. The molecule has 3 aliphatic rings. The van der Waals surface area contributed by atoms with Gasteiger partial charge in [0.25, 0.3) is 0 Å². The van der Waals surface area contributed by atoms with Gasteiger partial charge in [0.1, 0.15) is 0 Å². The monoisotopic (exact) mass is 522 g/mol. The van der Waals surface area contributed by atoms with E-state index in [1.165, 1.54) is 44.9 Å². The molecule has 3 nitrogen and oxygen atoms in total. The molecule has 0 amide bonds. The quantitative estimate of drug-likeness (QED) is 0.553. The number of piperidine rings is 1. The summed E-state index contributed by atoms with van der Waals surface area (Å²) in [7, 11) is 0. The average Bonchev–Trinajstić information content (AvgIpc) is 2.91. The Morgan fingerprint density at radius 1 is 1.04 bits per heavy atom. The van der Waals surface area contributed by atoms with Crippen molar-refractivity contribution in [2.24, 2.45) is 5.92 Å². The van der Waals surface area contributed by atoms with Crippen LogP contribution in [0.4, 0.5) is 0 Å². The predicted molar refractivity (Wildman–Crippen MR) is 95.3 cm³/mol. The Hall–Kier alpha value is 0.918. The normalized spacial score (nSPS) is 36.0. The van der Waals surface area contributed by atoms with Gasteiger partial charge in [-0.25, -0.2) is 0 Å². The molecule has 0 aromatic carbocycles. The van der Waals surface area contributed by atoms with Crippen molar-refractivity contribution in [3.8, 4) is 0 Å².